The summed E-state index contributed by atoms with van der Waals surface area (Å²) in [5, 5.41) is 26.6. The standard InChI is InChI=1S/C15H17N3O4/c1-3-4-5-12(13(19)16-2)18-14(20)10-7-6-9(17-22)8-11(10)15(18)21/h3,6-8,12,20-21H,1,4-5H2,2H3,(H,16,19). The molecule has 0 radical (unpaired) electrons. The minimum atomic E-state index is -0.789. The summed E-state index contributed by atoms with van der Waals surface area (Å²) >= 11 is 0. The van der Waals surface area contributed by atoms with E-state index in [4.69, 9.17) is 0 Å². The number of aromatic nitrogens is 1. The number of rotatable bonds is 6. The molecule has 1 aromatic carbocycles. The molecule has 7 nitrogen and oxygen atoms in total. The number of nitrogens with zero attached hydrogens (tertiary/aromatic N) is 2. The number of benzene rings is 1. The van der Waals surface area contributed by atoms with Crippen molar-refractivity contribution >= 4 is 22.4 Å². The molecular weight excluding hydrogens is 286 g/mol. The average Bonchev–Trinajstić information content (AvgIpc) is 2.79. The van der Waals surface area contributed by atoms with Crippen molar-refractivity contribution in [2.75, 3.05) is 7.05 Å². The number of aromatic hydroxyl groups is 2. The molecular formula is C15H17N3O4. The smallest absolute Gasteiger partial charge is 0.243 e. The van der Waals surface area contributed by atoms with E-state index in [0.29, 0.717) is 18.2 Å². The lowest BCUT2D eigenvalue weighted by atomic mass is 10.1. The maximum Gasteiger partial charge on any atom is 0.243 e. The van der Waals surface area contributed by atoms with Crippen LogP contribution in [0.15, 0.2) is 36.0 Å². The fourth-order valence-corrected chi connectivity index (χ4v) is 2.44. The van der Waals surface area contributed by atoms with Gasteiger partial charge in [-0.2, -0.15) is 0 Å². The van der Waals surface area contributed by atoms with E-state index in [2.05, 4.69) is 17.1 Å². The minimum Gasteiger partial charge on any atom is -0.494 e. The van der Waals surface area contributed by atoms with Crippen LogP contribution in [0.5, 0.6) is 11.8 Å². The highest BCUT2D eigenvalue weighted by atomic mass is 16.3. The Balaban J connectivity index is 2.63. The van der Waals surface area contributed by atoms with Crippen molar-refractivity contribution in [3.8, 4) is 11.8 Å². The predicted molar refractivity (Wildman–Crippen MR) is 83.3 cm³/mol. The number of hydrogen-bond acceptors (Lipinski definition) is 5. The Morgan fingerprint density at radius 2 is 2.09 bits per heavy atom. The first-order valence-corrected chi connectivity index (χ1v) is 6.76. The van der Waals surface area contributed by atoms with Gasteiger partial charge < -0.3 is 15.5 Å². The van der Waals surface area contributed by atoms with Gasteiger partial charge in [-0.1, -0.05) is 6.08 Å². The Kier molecular flexibility index (Phi) is 4.45. The molecule has 116 valence electrons. The normalized spacial score (nSPS) is 12.0. The summed E-state index contributed by atoms with van der Waals surface area (Å²) in [6.07, 6.45) is 2.55. The molecule has 0 aliphatic rings. The molecule has 1 aromatic heterocycles. The van der Waals surface area contributed by atoms with Crippen LogP contribution in [0.3, 0.4) is 0 Å². The van der Waals surface area contributed by atoms with E-state index < -0.39 is 6.04 Å². The highest BCUT2D eigenvalue weighted by Crippen LogP contribution is 2.41. The van der Waals surface area contributed by atoms with Crippen molar-refractivity contribution in [3.63, 3.8) is 0 Å². The molecule has 0 aliphatic carbocycles. The number of hydrogen-bond donors (Lipinski definition) is 3. The summed E-state index contributed by atoms with van der Waals surface area (Å²) < 4.78 is 1.15. The zero-order valence-electron chi connectivity index (χ0n) is 12.1. The summed E-state index contributed by atoms with van der Waals surface area (Å²) in [6, 6.07) is 3.48. The van der Waals surface area contributed by atoms with Gasteiger partial charge in [-0.05, 0) is 36.2 Å². The van der Waals surface area contributed by atoms with E-state index in [1.54, 1.807) is 6.08 Å². The van der Waals surface area contributed by atoms with E-state index in [1.807, 2.05) is 0 Å². The highest BCUT2D eigenvalue weighted by molar-refractivity contribution is 5.96. The Bertz CT molecular complexity index is 736. The molecule has 2 rings (SSSR count). The highest BCUT2D eigenvalue weighted by Gasteiger charge is 2.27. The summed E-state index contributed by atoms with van der Waals surface area (Å²) in [4.78, 5) is 22.7. The third-order valence-electron chi connectivity index (χ3n) is 3.55. The van der Waals surface area contributed by atoms with Gasteiger partial charge in [0.1, 0.15) is 11.7 Å². The fourth-order valence-electron chi connectivity index (χ4n) is 2.44. The third-order valence-corrected chi connectivity index (χ3v) is 3.55. The Labute approximate surface area is 126 Å². The lowest BCUT2D eigenvalue weighted by Crippen LogP contribution is -2.29. The third kappa shape index (κ3) is 2.52. The molecule has 1 unspecified atom stereocenters. The van der Waals surface area contributed by atoms with Gasteiger partial charge in [0.05, 0.1) is 0 Å². The van der Waals surface area contributed by atoms with Gasteiger partial charge in [-0.15, -0.1) is 11.5 Å². The van der Waals surface area contributed by atoms with Gasteiger partial charge in [0, 0.05) is 17.8 Å². The quantitative estimate of drug-likeness (QED) is 0.563. The van der Waals surface area contributed by atoms with Gasteiger partial charge in [-0.3, -0.25) is 9.36 Å². The number of carbonyl (C=O) groups is 1. The number of allylic oxidation sites excluding steroid dienone is 1. The maximum atomic E-state index is 12.1. The monoisotopic (exact) mass is 303 g/mol. The van der Waals surface area contributed by atoms with Crippen LogP contribution in [0.2, 0.25) is 0 Å². The van der Waals surface area contributed by atoms with Crippen LogP contribution in [-0.2, 0) is 4.79 Å². The first-order valence-electron chi connectivity index (χ1n) is 6.76. The average molecular weight is 303 g/mol. The van der Waals surface area contributed by atoms with Gasteiger partial charge in [0.2, 0.25) is 17.7 Å². The molecule has 1 atom stereocenters. The minimum absolute atomic E-state index is 0.127. The first-order chi connectivity index (χ1) is 10.5. The molecule has 22 heavy (non-hydrogen) atoms. The van der Waals surface area contributed by atoms with Crippen molar-refractivity contribution in [1.29, 1.82) is 0 Å². The second kappa shape index (κ2) is 6.30. The van der Waals surface area contributed by atoms with Crippen molar-refractivity contribution < 1.29 is 15.0 Å². The van der Waals surface area contributed by atoms with Crippen molar-refractivity contribution in [2.45, 2.75) is 18.9 Å². The van der Waals surface area contributed by atoms with Gasteiger partial charge in [-0.25, -0.2) is 0 Å². The van der Waals surface area contributed by atoms with E-state index in [9.17, 15) is 19.9 Å². The molecule has 1 amide bonds. The van der Waals surface area contributed by atoms with Gasteiger partial charge in [0.15, 0.2) is 0 Å². The fraction of sp³-hybridized carbons (Fsp3) is 0.267. The van der Waals surface area contributed by atoms with Gasteiger partial charge in [0.25, 0.3) is 0 Å². The number of carbonyl (C=O) groups excluding carboxylic acids is 1. The molecule has 0 bridgehead atoms. The maximum absolute atomic E-state index is 12.1. The van der Waals surface area contributed by atoms with E-state index >= 15 is 0 Å². The Morgan fingerprint density at radius 3 is 2.68 bits per heavy atom. The van der Waals surface area contributed by atoms with E-state index in [-0.39, 0.29) is 28.7 Å². The van der Waals surface area contributed by atoms with Crippen LogP contribution in [0, 0.1) is 4.91 Å². The number of fused-ring (bicyclic) bond motifs is 1. The summed E-state index contributed by atoms with van der Waals surface area (Å²) in [6.45, 7) is 3.61. The molecule has 0 aliphatic heterocycles. The number of nitrogens with one attached hydrogen (secondary N) is 1. The zero-order chi connectivity index (χ0) is 16.3. The van der Waals surface area contributed by atoms with Crippen molar-refractivity contribution in [1.82, 2.24) is 9.88 Å². The Morgan fingerprint density at radius 1 is 1.41 bits per heavy atom. The zero-order valence-corrected chi connectivity index (χ0v) is 12.1. The molecule has 1 heterocycles. The first kappa shape index (κ1) is 15.6. The lowest BCUT2D eigenvalue weighted by molar-refractivity contribution is -0.124. The summed E-state index contributed by atoms with van der Waals surface area (Å²) in [7, 11) is 1.48. The molecule has 0 saturated heterocycles. The predicted octanol–water partition coefficient (Wildman–Crippen LogP) is 2.70. The molecule has 7 heteroatoms. The van der Waals surface area contributed by atoms with Crippen LogP contribution in [0.25, 0.3) is 10.8 Å². The van der Waals surface area contributed by atoms with Gasteiger partial charge >= 0.3 is 0 Å². The molecule has 0 fully saturated rings. The lowest BCUT2D eigenvalue weighted by Gasteiger charge is -2.18. The SMILES string of the molecule is C=CCCC(C(=O)NC)n1c(O)c2ccc(N=O)cc2c1O. The van der Waals surface area contributed by atoms with Crippen LogP contribution >= 0.6 is 0 Å². The van der Waals surface area contributed by atoms with Crippen molar-refractivity contribution in [2.24, 2.45) is 5.18 Å². The van der Waals surface area contributed by atoms with Crippen LogP contribution in [-0.4, -0.2) is 27.7 Å². The van der Waals surface area contributed by atoms with Crippen LogP contribution < -0.4 is 5.32 Å². The Hall–Kier alpha value is -2.83. The molecule has 3 N–H and O–H groups in total. The second-order valence-electron chi connectivity index (χ2n) is 4.83. The van der Waals surface area contributed by atoms with Crippen molar-refractivity contribution in [3.05, 3.63) is 35.8 Å². The van der Waals surface area contributed by atoms with E-state index in [1.165, 1.54) is 25.2 Å². The van der Waals surface area contributed by atoms with Crippen LogP contribution in [0.4, 0.5) is 5.69 Å². The molecule has 0 saturated carbocycles. The van der Waals surface area contributed by atoms with Crippen LogP contribution in [0.1, 0.15) is 18.9 Å². The molecule has 2 aromatic rings. The number of amides is 1. The summed E-state index contributed by atoms with van der Waals surface area (Å²) in [5.74, 6) is -0.861. The number of nitroso groups, excluding NO2 is 1. The second-order valence-corrected chi connectivity index (χ2v) is 4.83. The van der Waals surface area contributed by atoms with E-state index in [0.717, 1.165) is 4.57 Å². The number of likely N-dealkylation sites (N-methyl/N-ethyl adjacent to an activating group) is 1. The summed E-state index contributed by atoms with van der Waals surface area (Å²) in [5.41, 5.74) is 0.127. The topological polar surface area (TPSA) is 104 Å². The largest absolute Gasteiger partial charge is 0.494 e. The molecule has 0 spiro atoms.